The third-order valence-corrected chi connectivity index (χ3v) is 6.38. The lowest BCUT2D eigenvalue weighted by Crippen LogP contribution is -2.18. The fourth-order valence-electron chi connectivity index (χ4n) is 4.46. The Kier molecular flexibility index (Phi) is 7.15. The highest BCUT2D eigenvalue weighted by Crippen LogP contribution is 2.36. The van der Waals surface area contributed by atoms with Crippen LogP contribution in [0.15, 0.2) is 42.5 Å². The van der Waals surface area contributed by atoms with Crippen LogP contribution in [0.5, 0.6) is 11.5 Å². The summed E-state index contributed by atoms with van der Waals surface area (Å²) >= 11 is 0. The van der Waals surface area contributed by atoms with E-state index in [1.165, 1.54) is 0 Å². The maximum absolute atomic E-state index is 12.9. The van der Waals surface area contributed by atoms with Crippen LogP contribution in [0.2, 0.25) is 0 Å². The SMILES string of the molecule is COc1ccc(CCn2c(C)c(C)c(-c3nc4ccccc4[nH]3)c2NC(=O)CC(C)C)cc1OC. The van der Waals surface area contributed by atoms with E-state index < -0.39 is 0 Å². The topological polar surface area (TPSA) is 81.2 Å². The number of ether oxygens (including phenoxy) is 2. The minimum Gasteiger partial charge on any atom is -0.493 e. The highest BCUT2D eigenvalue weighted by atomic mass is 16.5. The van der Waals surface area contributed by atoms with Gasteiger partial charge in [-0.2, -0.15) is 0 Å². The summed E-state index contributed by atoms with van der Waals surface area (Å²) in [6.07, 6.45) is 1.22. The molecule has 2 aromatic carbocycles. The van der Waals surface area contributed by atoms with Crippen molar-refractivity contribution in [3.05, 3.63) is 59.3 Å². The highest BCUT2D eigenvalue weighted by molar-refractivity contribution is 5.96. The summed E-state index contributed by atoms with van der Waals surface area (Å²) in [6.45, 7) is 8.97. The lowest BCUT2D eigenvalue weighted by molar-refractivity contribution is -0.116. The number of rotatable bonds is 9. The second-order valence-corrected chi connectivity index (χ2v) is 9.27. The van der Waals surface area contributed by atoms with E-state index in [0.29, 0.717) is 24.5 Å². The zero-order valence-electron chi connectivity index (χ0n) is 21.4. The van der Waals surface area contributed by atoms with Gasteiger partial charge in [0, 0.05) is 18.7 Å². The van der Waals surface area contributed by atoms with Crippen molar-refractivity contribution in [1.82, 2.24) is 14.5 Å². The third-order valence-electron chi connectivity index (χ3n) is 6.38. The number of methoxy groups -OCH3 is 2. The zero-order chi connectivity index (χ0) is 25.1. The number of nitrogens with one attached hydrogen (secondary N) is 2. The minimum absolute atomic E-state index is 0.00206. The smallest absolute Gasteiger partial charge is 0.225 e. The van der Waals surface area contributed by atoms with Crippen molar-refractivity contribution in [2.24, 2.45) is 5.92 Å². The molecule has 2 heterocycles. The number of aromatic amines is 1. The number of para-hydroxylation sites is 2. The Morgan fingerprint density at radius 2 is 1.83 bits per heavy atom. The fourth-order valence-corrected chi connectivity index (χ4v) is 4.46. The molecule has 2 aromatic heterocycles. The Bertz CT molecular complexity index is 1320. The van der Waals surface area contributed by atoms with Gasteiger partial charge >= 0.3 is 0 Å². The Hall–Kier alpha value is -3.74. The molecular formula is C28H34N4O3. The molecule has 1 amide bonds. The molecule has 0 fully saturated rings. The van der Waals surface area contributed by atoms with E-state index in [4.69, 9.17) is 14.5 Å². The van der Waals surface area contributed by atoms with Crippen LogP contribution in [0.1, 0.15) is 37.1 Å². The van der Waals surface area contributed by atoms with Crippen LogP contribution in [0.4, 0.5) is 5.82 Å². The van der Waals surface area contributed by atoms with Gasteiger partial charge in [0.05, 0.1) is 30.8 Å². The summed E-state index contributed by atoms with van der Waals surface area (Å²) in [7, 11) is 3.28. The van der Waals surface area contributed by atoms with Crippen LogP contribution in [-0.4, -0.2) is 34.7 Å². The van der Waals surface area contributed by atoms with Gasteiger partial charge in [-0.25, -0.2) is 4.98 Å². The number of aryl methyl sites for hydroxylation is 1. The van der Waals surface area contributed by atoms with E-state index in [2.05, 4.69) is 28.7 Å². The predicted molar refractivity (Wildman–Crippen MR) is 140 cm³/mol. The van der Waals surface area contributed by atoms with E-state index in [1.54, 1.807) is 14.2 Å². The van der Waals surface area contributed by atoms with Gasteiger partial charge in [-0.05, 0) is 61.6 Å². The number of anilines is 1. The number of carbonyl (C=O) groups excluding carboxylic acids is 1. The van der Waals surface area contributed by atoms with Crippen molar-refractivity contribution in [2.75, 3.05) is 19.5 Å². The highest BCUT2D eigenvalue weighted by Gasteiger charge is 2.23. The average Bonchev–Trinajstić information content (AvgIpc) is 3.35. The van der Waals surface area contributed by atoms with Crippen LogP contribution in [-0.2, 0) is 17.8 Å². The molecule has 0 atom stereocenters. The van der Waals surface area contributed by atoms with Crippen molar-refractivity contribution in [1.29, 1.82) is 0 Å². The monoisotopic (exact) mass is 474 g/mol. The second-order valence-electron chi connectivity index (χ2n) is 9.27. The summed E-state index contributed by atoms with van der Waals surface area (Å²) in [5.74, 6) is 3.22. The maximum Gasteiger partial charge on any atom is 0.225 e. The first-order valence-corrected chi connectivity index (χ1v) is 12.0. The summed E-state index contributed by atoms with van der Waals surface area (Å²) in [4.78, 5) is 21.2. The van der Waals surface area contributed by atoms with Crippen molar-refractivity contribution in [2.45, 2.75) is 47.1 Å². The second kappa shape index (κ2) is 10.3. The van der Waals surface area contributed by atoms with Gasteiger partial charge in [-0.15, -0.1) is 0 Å². The number of H-pyrrole nitrogens is 1. The Morgan fingerprint density at radius 3 is 2.51 bits per heavy atom. The van der Waals surface area contributed by atoms with Crippen molar-refractivity contribution < 1.29 is 14.3 Å². The number of hydrogen-bond acceptors (Lipinski definition) is 4. The first-order valence-electron chi connectivity index (χ1n) is 12.0. The van der Waals surface area contributed by atoms with Crippen molar-refractivity contribution in [3.63, 3.8) is 0 Å². The third kappa shape index (κ3) is 5.04. The standard InChI is InChI=1S/C28H34N4O3/c1-17(2)15-25(33)31-28-26(27-29-21-9-7-8-10-22(21)30-27)18(3)19(4)32(28)14-13-20-11-12-23(34-5)24(16-20)35-6/h7-12,16-17H,13-15H2,1-6H3,(H,29,30)(H,31,33). The Morgan fingerprint density at radius 1 is 1.09 bits per heavy atom. The van der Waals surface area contributed by atoms with Gasteiger partial charge in [-0.1, -0.05) is 32.0 Å². The Labute approximate surface area is 206 Å². The van der Waals surface area contributed by atoms with E-state index in [0.717, 1.165) is 51.5 Å². The van der Waals surface area contributed by atoms with Gasteiger partial charge in [0.25, 0.3) is 0 Å². The number of nitrogens with zero attached hydrogens (tertiary/aromatic N) is 2. The van der Waals surface area contributed by atoms with Crippen LogP contribution in [0, 0.1) is 19.8 Å². The molecule has 0 unspecified atom stereocenters. The molecule has 2 N–H and O–H groups in total. The zero-order valence-corrected chi connectivity index (χ0v) is 21.4. The van der Waals surface area contributed by atoms with Crippen LogP contribution in [0.25, 0.3) is 22.4 Å². The lowest BCUT2D eigenvalue weighted by Gasteiger charge is -2.15. The number of benzene rings is 2. The number of amides is 1. The molecule has 0 saturated heterocycles. The summed E-state index contributed by atoms with van der Waals surface area (Å²) < 4.78 is 13.0. The molecule has 35 heavy (non-hydrogen) atoms. The molecule has 0 radical (unpaired) electrons. The molecule has 7 nitrogen and oxygen atoms in total. The van der Waals surface area contributed by atoms with Gasteiger partial charge < -0.3 is 24.3 Å². The normalized spacial score (nSPS) is 11.3. The maximum atomic E-state index is 12.9. The number of hydrogen-bond donors (Lipinski definition) is 2. The van der Waals surface area contributed by atoms with Crippen LogP contribution >= 0.6 is 0 Å². The van der Waals surface area contributed by atoms with E-state index >= 15 is 0 Å². The lowest BCUT2D eigenvalue weighted by atomic mass is 10.1. The number of imidazole rings is 1. The van der Waals surface area contributed by atoms with Gasteiger partial charge in [0.2, 0.25) is 5.91 Å². The average molecular weight is 475 g/mol. The molecular weight excluding hydrogens is 440 g/mol. The first kappa shape index (κ1) is 24.4. The molecule has 0 saturated carbocycles. The molecule has 0 aliphatic carbocycles. The van der Waals surface area contributed by atoms with Crippen LogP contribution < -0.4 is 14.8 Å². The molecule has 184 valence electrons. The Balaban J connectivity index is 1.74. The molecule has 0 aliphatic heterocycles. The van der Waals surface area contributed by atoms with Gasteiger partial charge in [0.1, 0.15) is 11.6 Å². The van der Waals surface area contributed by atoms with Gasteiger partial charge in [0.15, 0.2) is 11.5 Å². The fraction of sp³-hybridized carbons (Fsp3) is 0.357. The molecule has 4 rings (SSSR count). The quantitative estimate of drug-likeness (QED) is 0.317. The molecule has 7 heteroatoms. The van der Waals surface area contributed by atoms with E-state index in [1.807, 2.05) is 56.3 Å². The summed E-state index contributed by atoms with van der Waals surface area (Å²) in [5, 5.41) is 3.21. The molecule has 0 spiro atoms. The van der Waals surface area contributed by atoms with Crippen LogP contribution in [0.3, 0.4) is 0 Å². The van der Waals surface area contributed by atoms with E-state index in [-0.39, 0.29) is 11.8 Å². The van der Waals surface area contributed by atoms with Gasteiger partial charge in [-0.3, -0.25) is 4.79 Å². The molecule has 0 aliphatic rings. The molecule has 4 aromatic rings. The van der Waals surface area contributed by atoms with Crippen molar-refractivity contribution in [3.8, 4) is 22.9 Å². The number of aromatic nitrogens is 3. The van der Waals surface area contributed by atoms with E-state index in [9.17, 15) is 4.79 Å². The number of carbonyl (C=O) groups is 1. The minimum atomic E-state index is 0.00206. The van der Waals surface area contributed by atoms with Crippen molar-refractivity contribution >= 4 is 22.8 Å². The number of fused-ring (bicyclic) bond motifs is 1. The summed E-state index contributed by atoms with van der Waals surface area (Å²) in [6, 6.07) is 13.9. The summed E-state index contributed by atoms with van der Waals surface area (Å²) in [5.41, 5.74) is 6.12. The molecule has 0 bridgehead atoms. The first-order chi connectivity index (χ1) is 16.8. The predicted octanol–water partition coefficient (Wildman–Crippen LogP) is 5.89. The largest absolute Gasteiger partial charge is 0.493 e.